The zero-order valence-corrected chi connectivity index (χ0v) is 11.6. The normalized spacial score (nSPS) is 10.7. The Morgan fingerprint density at radius 2 is 1.95 bits per heavy atom. The quantitative estimate of drug-likeness (QED) is 0.665. The number of benzene rings is 2. The third-order valence-corrected chi connectivity index (χ3v) is 3.44. The fraction of sp³-hybridized carbons (Fsp3) is 0.0625. The first-order valence-electron chi connectivity index (χ1n) is 6.15. The number of ether oxygens (including phenoxy) is 1. The van der Waals surface area contributed by atoms with Crippen molar-refractivity contribution in [1.29, 1.82) is 0 Å². The third-order valence-electron chi connectivity index (χ3n) is 3.20. The largest absolute Gasteiger partial charge is 0.465 e. The lowest BCUT2D eigenvalue weighted by molar-refractivity contribution is 0.0602. The predicted molar refractivity (Wildman–Crippen MR) is 79.6 cm³/mol. The molecule has 1 heterocycles. The maximum absolute atomic E-state index is 11.9. The monoisotopic (exact) mass is 285 g/mol. The van der Waals surface area contributed by atoms with Crippen LogP contribution in [0.25, 0.3) is 16.6 Å². The number of carbonyl (C=O) groups is 1. The number of rotatable bonds is 2. The number of esters is 1. The number of carbonyl (C=O) groups excluding carboxylic acids is 1. The van der Waals surface area contributed by atoms with Gasteiger partial charge in [0.25, 0.3) is 0 Å². The second-order valence-electron chi connectivity index (χ2n) is 4.40. The van der Waals surface area contributed by atoms with E-state index in [1.54, 1.807) is 6.07 Å². The Hall–Kier alpha value is -2.26. The van der Waals surface area contributed by atoms with Gasteiger partial charge in [0.15, 0.2) is 0 Å². The highest BCUT2D eigenvalue weighted by Crippen LogP contribution is 2.25. The molecule has 1 aromatic heterocycles. The number of aromatic nitrogens is 1. The van der Waals surface area contributed by atoms with Gasteiger partial charge in [0.1, 0.15) is 0 Å². The molecule has 0 unspecified atom stereocenters. The van der Waals surface area contributed by atoms with Gasteiger partial charge in [-0.3, -0.25) is 0 Å². The molecule has 0 saturated heterocycles. The van der Waals surface area contributed by atoms with Gasteiger partial charge in [-0.2, -0.15) is 0 Å². The van der Waals surface area contributed by atoms with Crippen LogP contribution in [0.4, 0.5) is 0 Å². The second-order valence-corrected chi connectivity index (χ2v) is 4.84. The van der Waals surface area contributed by atoms with Crippen LogP contribution in [0.2, 0.25) is 5.02 Å². The van der Waals surface area contributed by atoms with E-state index in [1.807, 2.05) is 53.2 Å². The zero-order valence-electron chi connectivity index (χ0n) is 10.8. The summed E-state index contributed by atoms with van der Waals surface area (Å²) in [4.78, 5) is 11.9. The Kier molecular flexibility index (Phi) is 3.20. The highest BCUT2D eigenvalue weighted by molar-refractivity contribution is 6.30. The highest BCUT2D eigenvalue weighted by Gasteiger charge is 2.14. The van der Waals surface area contributed by atoms with Crippen LogP contribution in [0, 0.1) is 0 Å². The molecule has 0 radical (unpaired) electrons. The van der Waals surface area contributed by atoms with E-state index in [-0.39, 0.29) is 5.97 Å². The first-order chi connectivity index (χ1) is 9.70. The van der Waals surface area contributed by atoms with E-state index in [0.29, 0.717) is 10.6 Å². The molecule has 0 atom stereocenters. The van der Waals surface area contributed by atoms with Crippen molar-refractivity contribution >= 4 is 28.5 Å². The Balaban J connectivity index is 2.29. The maximum atomic E-state index is 11.9. The molecule has 20 heavy (non-hydrogen) atoms. The molecule has 0 spiro atoms. The van der Waals surface area contributed by atoms with E-state index in [0.717, 1.165) is 16.6 Å². The minimum Gasteiger partial charge on any atom is -0.465 e. The van der Waals surface area contributed by atoms with Crippen LogP contribution >= 0.6 is 11.6 Å². The fourth-order valence-electron chi connectivity index (χ4n) is 2.31. The van der Waals surface area contributed by atoms with Crippen LogP contribution in [-0.2, 0) is 4.74 Å². The molecular formula is C16H12ClNO2. The minimum atomic E-state index is -0.349. The summed E-state index contributed by atoms with van der Waals surface area (Å²) < 4.78 is 6.79. The Bertz CT molecular complexity index is 792. The standard InChI is InChI=1S/C16H12ClNO2/c1-20-16(19)14-7-2-4-11-8-9-18(15(11)14)13-6-3-5-12(17)10-13/h2-10H,1H3. The molecule has 0 bridgehead atoms. The van der Waals surface area contributed by atoms with Crippen LogP contribution in [0.3, 0.4) is 0 Å². The highest BCUT2D eigenvalue weighted by atomic mass is 35.5. The zero-order chi connectivity index (χ0) is 14.1. The molecule has 100 valence electrons. The van der Waals surface area contributed by atoms with Crippen LogP contribution in [0.15, 0.2) is 54.7 Å². The number of hydrogen-bond donors (Lipinski definition) is 0. The summed E-state index contributed by atoms with van der Waals surface area (Å²) in [5.74, 6) is -0.349. The first-order valence-corrected chi connectivity index (χ1v) is 6.53. The predicted octanol–water partition coefficient (Wildman–Crippen LogP) is 4.07. The Morgan fingerprint density at radius 1 is 1.15 bits per heavy atom. The molecule has 0 aliphatic rings. The lowest BCUT2D eigenvalue weighted by atomic mass is 10.1. The average molecular weight is 286 g/mol. The van der Waals surface area contributed by atoms with Crippen LogP contribution in [-0.4, -0.2) is 17.6 Å². The van der Waals surface area contributed by atoms with Crippen molar-refractivity contribution in [1.82, 2.24) is 4.57 Å². The fourth-order valence-corrected chi connectivity index (χ4v) is 2.49. The molecule has 4 heteroatoms. The van der Waals surface area contributed by atoms with Crippen LogP contribution in [0.1, 0.15) is 10.4 Å². The van der Waals surface area contributed by atoms with Gasteiger partial charge in [-0.05, 0) is 30.3 Å². The van der Waals surface area contributed by atoms with Crippen molar-refractivity contribution in [2.75, 3.05) is 7.11 Å². The van der Waals surface area contributed by atoms with Gasteiger partial charge in [-0.15, -0.1) is 0 Å². The van der Waals surface area contributed by atoms with Gasteiger partial charge in [0, 0.05) is 22.3 Å². The number of nitrogens with zero attached hydrogens (tertiary/aromatic N) is 1. The average Bonchev–Trinajstić information content (AvgIpc) is 2.90. The number of hydrogen-bond acceptors (Lipinski definition) is 2. The number of halogens is 1. The van der Waals surface area contributed by atoms with Gasteiger partial charge in [-0.1, -0.05) is 29.8 Å². The maximum Gasteiger partial charge on any atom is 0.340 e. The van der Waals surface area contributed by atoms with Gasteiger partial charge < -0.3 is 9.30 Å². The third kappa shape index (κ3) is 2.06. The summed E-state index contributed by atoms with van der Waals surface area (Å²) in [6.45, 7) is 0. The minimum absolute atomic E-state index is 0.349. The van der Waals surface area contributed by atoms with E-state index in [2.05, 4.69) is 0 Å². The van der Waals surface area contributed by atoms with Gasteiger partial charge >= 0.3 is 5.97 Å². The Labute approximate surface area is 121 Å². The summed E-state index contributed by atoms with van der Waals surface area (Å²) in [6.07, 6.45) is 1.92. The molecule has 0 aliphatic heterocycles. The van der Waals surface area contributed by atoms with Crippen molar-refractivity contribution in [2.24, 2.45) is 0 Å². The van der Waals surface area contributed by atoms with E-state index in [9.17, 15) is 4.79 Å². The van der Waals surface area contributed by atoms with Crippen molar-refractivity contribution in [3.63, 3.8) is 0 Å². The number of fused-ring (bicyclic) bond motifs is 1. The van der Waals surface area contributed by atoms with Crippen molar-refractivity contribution < 1.29 is 9.53 Å². The van der Waals surface area contributed by atoms with Crippen molar-refractivity contribution in [2.45, 2.75) is 0 Å². The SMILES string of the molecule is COC(=O)c1cccc2ccn(-c3cccc(Cl)c3)c12. The van der Waals surface area contributed by atoms with Gasteiger partial charge in [-0.25, -0.2) is 4.79 Å². The molecule has 0 fully saturated rings. The van der Waals surface area contributed by atoms with Crippen molar-refractivity contribution in [3.05, 3.63) is 65.3 Å². The summed E-state index contributed by atoms with van der Waals surface area (Å²) in [6, 6.07) is 15.0. The molecule has 0 amide bonds. The van der Waals surface area contributed by atoms with Crippen LogP contribution < -0.4 is 0 Å². The smallest absolute Gasteiger partial charge is 0.340 e. The molecular weight excluding hydrogens is 274 g/mol. The van der Waals surface area contributed by atoms with Crippen LogP contribution in [0.5, 0.6) is 0 Å². The molecule has 2 aromatic carbocycles. The molecule has 0 N–H and O–H groups in total. The summed E-state index contributed by atoms with van der Waals surface area (Å²) >= 11 is 6.04. The van der Waals surface area contributed by atoms with E-state index < -0.39 is 0 Å². The van der Waals surface area contributed by atoms with Gasteiger partial charge in [0.05, 0.1) is 18.2 Å². The van der Waals surface area contributed by atoms with Gasteiger partial charge in [0.2, 0.25) is 0 Å². The first kappa shape index (κ1) is 12.8. The molecule has 3 aromatic rings. The van der Waals surface area contributed by atoms with E-state index in [1.165, 1.54) is 7.11 Å². The summed E-state index contributed by atoms with van der Waals surface area (Å²) in [5, 5.41) is 1.63. The number of para-hydroxylation sites is 1. The second kappa shape index (κ2) is 5.02. The molecule has 0 aliphatic carbocycles. The summed E-state index contributed by atoms with van der Waals surface area (Å²) in [7, 11) is 1.38. The molecule has 3 rings (SSSR count). The Morgan fingerprint density at radius 3 is 2.70 bits per heavy atom. The molecule has 3 nitrogen and oxygen atoms in total. The van der Waals surface area contributed by atoms with Crippen molar-refractivity contribution in [3.8, 4) is 5.69 Å². The molecule has 0 saturated carbocycles. The lowest BCUT2D eigenvalue weighted by Crippen LogP contribution is -2.04. The lowest BCUT2D eigenvalue weighted by Gasteiger charge is -2.09. The van der Waals surface area contributed by atoms with E-state index in [4.69, 9.17) is 16.3 Å². The van der Waals surface area contributed by atoms with E-state index >= 15 is 0 Å². The number of methoxy groups -OCH3 is 1. The topological polar surface area (TPSA) is 31.2 Å². The summed E-state index contributed by atoms with van der Waals surface area (Å²) in [5.41, 5.74) is 2.26.